The molecule has 0 aromatic heterocycles. The van der Waals surface area contributed by atoms with Gasteiger partial charge in [0.2, 0.25) is 0 Å². The summed E-state index contributed by atoms with van der Waals surface area (Å²) in [5.41, 5.74) is 0. The van der Waals surface area contributed by atoms with Crippen molar-refractivity contribution in [2.75, 3.05) is 0 Å². The Morgan fingerprint density at radius 1 is 1.00 bits per heavy atom. The van der Waals surface area contributed by atoms with Gasteiger partial charge in [-0.25, -0.2) is 0 Å². The van der Waals surface area contributed by atoms with Gasteiger partial charge in [0.1, 0.15) is 0 Å². The molecule has 0 rings (SSSR count). The van der Waals surface area contributed by atoms with E-state index in [1.54, 1.807) is 0 Å². The zero-order valence-corrected chi connectivity index (χ0v) is 6.59. The maximum atomic E-state index is 9.64. The van der Waals surface area contributed by atoms with E-state index in [1.807, 2.05) is 0 Å². The molecule has 0 aromatic rings. The Hall–Kier alpha value is -0.320. The smallest absolute Gasteiger partial charge is 0.303 e. The molecule has 2 N–H and O–H groups in total. The van der Waals surface area contributed by atoms with E-state index in [0.717, 1.165) is 0 Å². The van der Waals surface area contributed by atoms with Gasteiger partial charge >= 0.3 is 11.9 Å². The van der Waals surface area contributed by atoms with Crippen molar-refractivity contribution in [1.29, 1.82) is 0 Å². The Balaban J connectivity index is 0. The predicted molar refractivity (Wildman–Crippen MR) is 24.5 cm³/mol. The first-order valence-corrected chi connectivity index (χ1v) is 2.06. The topological polar surface area (TPSA) is 74.6 Å². The van der Waals surface area contributed by atoms with E-state index >= 15 is 0 Å². The molecule has 0 aliphatic carbocycles. The van der Waals surface area contributed by atoms with Gasteiger partial charge < -0.3 is 10.2 Å². The van der Waals surface area contributed by atoms with Gasteiger partial charge in [0.15, 0.2) is 0 Å². The standard InChI is InChI=1S/C4H6O4.Au/c5-3(6)1-2-4(7)8;/h1-2H2,(H,5,6)(H,7,8);. The predicted octanol–water partition coefficient (Wildman–Crippen LogP) is -0.0667. The minimum Gasteiger partial charge on any atom is -0.481 e. The van der Waals surface area contributed by atoms with E-state index in [2.05, 4.69) is 0 Å². The number of hydrogen-bond donors (Lipinski definition) is 2. The van der Waals surface area contributed by atoms with Crippen molar-refractivity contribution in [3.05, 3.63) is 0 Å². The number of aliphatic carboxylic acids is 2. The van der Waals surface area contributed by atoms with E-state index in [1.165, 1.54) is 0 Å². The Kier molecular flexibility index (Phi) is 7.41. The van der Waals surface area contributed by atoms with Crippen LogP contribution < -0.4 is 0 Å². The molecule has 0 unspecified atom stereocenters. The van der Waals surface area contributed by atoms with Gasteiger partial charge in [-0.05, 0) is 0 Å². The summed E-state index contributed by atoms with van der Waals surface area (Å²) in [6.45, 7) is 0. The summed E-state index contributed by atoms with van der Waals surface area (Å²) < 4.78 is 0. The minimum absolute atomic E-state index is 0. The molecule has 0 amide bonds. The van der Waals surface area contributed by atoms with Gasteiger partial charge in [0, 0.05) is 22.4 Å². The normalized spacial score (nSPS) is 7.56. The van der Waals surface area contributed by atoms with Crippen LogP contribution in [0.2, 0.25) is 0 Å². The van der Waals surface area contributed by atoms with Gasteiger partial charge in [0.05, 0.1) is 12.8 Å². The van der Waals surface area contributed by atoms with E-state index in [-0.39, 0.29) is 35.2 Å². The summed E-state index contributed by atoms with van der Waals surface area (Å²) in [5, 5.41) is 15.8. The average molecular weight is 315 g/mol. The molecule has 0 bridgehead atoms. The molecule has 0 aromatic carbocycles. The van der Waals surface area contributed by atoms with Gasteiger partial charge in [-0.15, -0.1) is 0 Å². The summed E-state index contributed by atoms with van der Waals surface area (Å²) in [4.78, 5) is 19.3. The first-order chi connectivity index (χ1) is 3.63. The summed E-state index contributed by atoms with van der Waals surface area (Å²) in [5.74, 6) is -2.15. The van der Waals surface area contributed by atoms with Gasteiger partial charge in [-0.2, -0.15) is 0 Å². The van der Waals surface area contributed by atoms with Gasteiger partial charge in [0.25, 0.3) is 0 Å². The molecule has 57 valence electrons. The van der Waals surface area contributed by atoms with E-state index in [9.17, 15) is 9.59 Å². The quantitative estimate of drug-likeness (QED) is 0.715. The van der Waals surface area contributed by atoms with Crippen LogP contribution in [-0.4, -0.2) is 22.2 Å². The van der Waals surface area contributed by atoms with Gasteiger partial charge in [-0.1, -0.05) is 0 Å². The summed E-state index contributed by atoms with van der Waals surface area (Å²) in [6.07, 6.45) is -0.593. The van der Waals surface area contributed by atoms with Crippen LogP contribution in [0.4, 0.5) is 0 Å². The van der Waals surface area contributed by atoms with Crippen LogP contribution in [-0.2, 0) is 32.0 Å². The maximum absolute atomic E-state index is 9.64. The molecule has 0 atom stereocenters. The molecular weight excluding hydrogens is 309 g/mol. The molecule has 5 heteroatoms. The molecule has 1 radical (unpaired) electrons. The van der Waals surface area contributed by atoms with Crippen LogP contribution in [0.5, 0.6) is 0 Å². The van der Waals surface area contributed by atoms with Crippen molar-refractivity contribution in [3.8, 4) is 0 Å². The Labute approximate surface area is 67.4 Å². The molecular formula is C4H6AuO4. The molecule has 0 heterocycles. The number of carboxylic acid groups (broad SMARTS) is 2. The fourth-order valence-corrected chi connectivity index (χ4v) is 0.214. The molecule has 0 saturated carbocycles. The summed E-state index contributed by atoms with van der Waals surface area (Å²) >= 11 is 0. The van der Waals surface area contributed by atoms with Crippen LogP contribution in [0.3, 0.4) is 0 Å². The number of rotatable bonds is 3. The number of carboxylic acids is 2. The third kappa shape index (κ3) is 11.3. The van der Waals surface area contributed by atoms with Crippen molar-refractivity contribution >= 4 is 11.9 Å². The largest absolute Gasteiger partial charge is 0.481 e. The summed E-state index contributed by atoms with van der Waals surface area (Å²) in [6, 6.07) is 0. The first-order valence-electron chi connectivity index (χ1n) is 2.06. The molecule has 0 saturated heterocycles. The Morgan fingerprint density at radius 3 is 1.33 bits per heavy atom. The van der Waals surface area contributed by atoms with Crippen molar-refractivity contribution in [1.82, 2.24) is 0 Å². The second-order valence-electron chi connectivity index (χ2n) is 1.29. The average Bonchev–Trinajstić information content (AvgIpc) is 1.61. The third-order valence-corrected chi connectivity index (χ3v) is 0.553. The monoisotopic (exact) mass is 315 g/mol. The molecule has 0 aliphatic rings. The van der Waals surface area contributed by atoms with Crippen molar-refractivity contribution in [2.24, 2.45) is 0 Å². The molecule has 0 aliphatic heterocycles. The zero-order chi connectivity index (χ0) is 6.57. The van der Waals surface area contributed by atoms with Crippen molar-refractivity contribution in [2.45, 2.75) is 12.8 Å². The van der Waals surface area contributed by atoms with Crippen LogP contribution in [0, 0.1) is 0 Å². The zero-order valence-electron chi connectivity index (χ0n) is 4.43. The molecule has 0 spiro atoms. The summed E-state index contributed by atoms with van der Waals surface area (Å²) in [7, 11) is 0. The fourth-order valence-electron chi connectivity index (χ4n) is 0.214. The molecule has 0 fully saturated rings. The second kappa shape index (κ2) is 5.81. The third-order valence-electron chi connectivity index (χ3n) is 0.553. The van der Waals surface area contributed by atoms with E-state index in [4.69, 9.17) is 10.2 Å². The van der Waals surface area contributed by atoms with Crippen LogP contribution >= 0.6 is 0 Å². The van der Waals surface area contributed by atoms with E-state index < -0.39 is 11.9 Å². The fraction of sp³-hybridized carbons (Fsp3) is 0.500. The second-order valence-corrected chi connectivity index (χ2v) is 1.29. The molecule has 9 heavy (non-hydrogen) atoms. The van der Waals surface area contributed by atoms with Crippen molar-refractivity contribution in [3.63, 3.8) is 0 Å². The van der Waals surface area contributed by atoms with Gasteiger partial charge in [-0.3, -0.25) is 9.59 Å². The Bertz CT molecular complexity index is 97.1. The number of carbonyl (C=O) groups is 2. The molecule has 4 nitrogen and oxygen atoms in total. The van der Waals surface area contributed by atoms with Crippen molar-refractivity contribution < 1.29 is 42.2 Å². The van der Waals surface area contributed by atoms with Crippen LogP contribution in [0.25, 0.3) is 0 Å². The van der Waals surface area contributed by atoms with Crippen LogP contribution in [0.15, 0.2) is 0 Å². The van der Waals surface area contributed by atoms with Crippen LogP contribution in [0.1, 0.15) is 12.8 Å². The first kappa shape index (κ1) is 11.5. The SMILES string of the molecule is O=C(O)CCC(=O)O.[Au]. The number of hydrogen-bond acceptors (Lipinski definition) is 2. The minimum atomic E-state index is -1.08. The van der Waals surface area contributed by atoms with E-state index in [0.29, 0.717) is 0 Å². The Morgan fingerprint density at radius 2 is 1.22 bits per heavy atom. The maximum Gasteiger partial charge on any atom is 0.303 e.